The number of hydrogen-bond acceptors (Lipinski definition) is 2. The zero-order chi connectivity index (χ0) is 9.42. The van der Waals surface area contributed by atoms with Gasteiger partial charge in [0.2, 0.25) is 5.56 Å². The first-order valence-electron chi connectivity index (χ1n) is 3.75. The van der Waals surface area contributed by atoms with Crippen molar-refractivity contribution >= 4 is 28.2 Å². The van der Waals surface area contributed by atoms with Gasteiger partial charge in [0.05, 0.1) is 16.2 Å². The van der Waals surface area contributed by atoms with Crippen molar-refractivity contribution in [2.24, 2.45) is 0 Å². The topological polar surface area (TPSA) is 58.9 Å². The van der Waals surface area contributed by atoms with Crippen LogP contribution in [0.1, 0.15) is 0 Å². The Hall–Kier alpha value is -1.48. The van der Waals surface area contributed by atoms with E-state index in [-0.39, 0.29) is 5.56 Å². The lowest BCUT2D eigenvalue weighted by molar-refractivity contribution is 1.31. The van der Waals surface area contributed by atoms with Gasteiger partial charge in [0.15, 0.2) is 0 Å². The summed E-state index contributed by atoms with van der Waals surface area (Å²) in [6, 6.07) is 6.66. The summed E-state index contributed by atoms with van der Waals surface area (Å²) in [4.78, 5) is 13.7. The number of aromatic nitrogens is 1. The number of fused-ring (bicyclic) bond motifs is 1. The number of para-hydroxylation sites is 1. The Balaban J connectivity index is 3.03. The molecule has 0 fully saturated rings. The van der Waals surface area contributed by atoms with Gasteiger partial charge in [0, 0.05) is 11.5 Å². The summed E-state index contributed by atoms with van der Waals surface area (Å²) >= 11 is 5.86. The van der Waals surface area contributed by atoms with Crippen molar-refractivity contribution in [3.05, 3.63) is 39.6 Å². The van der Waals surface area contributed by atoms with Crippen molar-refractivity contribution in [2.45, 2.75) is 0 Å². The average molecular weight is 195 g/mol. The first-order chi connectivity index (χ1) is 6.18. The fraction of sp³-hybridized carbons (Fsp3) is 0. The summed E-state index contributed by atoms with van der Waals surface area (Å²) in [5, 5.41) is 1.19. The summed E-state index contributed by atoms with van der Waals surface area (Å²) in [5.74, 6) is 0. The molecule has 0 unspecified atom stereocenters. The van der Waals surface area contributed by atoms with Crippen molar-refractivity contribution in [3.8, 4) is 0 Å². The summed E-state index contributed by atoms with van der Waals surface area (Å²) in [6.45, 7) is 0. The van der Waals surface area contributed by atoms with Crippen LogP contribution in [-0.4, -0.2) is 4.98 Å². The van der Waals surface area contributed by atoms with Crippen LogP contribution >= 0.6 is 11.6 Å². The van der Waals surface area contributed by atoms with Crippen LogP contribution in [0.2, 0.25) is 5.02 Å². The molecular weight excluding hydrogens is 188 g/mol. The van der Waals surface area contributed by atoms with Crippen molar-refractivity contribution in [3.63, 3.8) is 0 Å². The van der Waals surface area contributed by atoms with Crippen molar-refractivity contribution < 1.29 is 0 Å². The predicted octanol–water partition coefficient (Wildman–Crippen LogP) is 1.76. The largest absolute Gasteiger partial charge is 0.397 e. The number of pyridine rings is 1. The Bertz CT molecular complexity index is 518. The minimum absolute atomic E-state index is 0.240. The summed E-state index contributed by atoms with van der Waals surface area (Å²) < 4.78 is 0. The molecule has 2 rings (SSSR count). The van der Waals surface area contributed by atoms with Crippen LogP contribution in [0, 0.1) is 0 Å². The second kappa shape index (κ2) is 2.78. The Morgan fingerprint density at radius 2 is 2.15 bits per heavy atom. The molecule has 0 spiro atoms. The molecule has 0 atom stereocenters. The first kappa shape index (κ1) is 8.13. The maximum atomic E-state index is 11.1. The van der Waals surface area contributed by atoms with Crippen LogP contribution in [0.5, 0.6) is 0 Å². The molecular formula is C9H7ClN2O. The summed E-state index contributed by atoms with van der Waals surface area (Å²) in [5.41, 5.74) is 6.55. The van der Waals surface area contributed by atoms with Gasteiger partial charge < -0.3 is 10.7 Å². The molecule has 0 amide bonds. The molecule has 3 nitrogen and oxygen atoms in total. The highest BCUT2D eigenvalue weighted by molar-refractivity contribution is 6.35. The molecule has 1 heterocycles. The highest BCUT2D eigenvalue weighted by Crippen LogP contribution is 2.23. The SMILES string of the molecule is Nc1cccc2c(Cl)cc(=O)[nH]c12. The molecule has 0 saturated carbocycles. The number of H-pyrrole nitrogens is 1. The van der Waals surface area contributed by atoms with Gasteiger partial charge in [-0.15, -0.1) is 0 Å². The van der Waals surface area contributed by atoms with Gasteiger partial charge in [-0.3, -0.25) is 4.79 Å². The number of nitrogens with one attached hydrogen (secondary N) is 1. The Labute approximate surface area is 79.1 Å². The van der Waals surface area contributed by atoms with Crippen LogP contribution in [0.4, 0.5) is 5.69 Å². The van der Waals surface area contributed by atoms with Crippen molar-refractivity contribution in [1.29, 1.82) is 0 Å². The van der Waals surface area contributed by atoms with Crippen molar-refractivity contribution in [1.82, 2.24) is 4.98 Å². The summed E-state index contributed by atoms with van der Waals surface area (Å²) in [7, 11) is 0. The zero-order valence-electron chi connectivity index (χ0n) is 6.67. The number of nitrogen functional groups attached to an aromatic ring is 1. The van der Waals surface area contributed by atoms with E-state index >= 15 is 0 Å². The minimum atomic E-state index is -0.240. The number of aromatic amines is 1. The highest BCUT2D eigenvalue weighted by atomic mass is 35.5. The standard InChI is InChI=1S/C9H7ClN2O/c10-6-4-8(13)12-9-5(6)2-1-3-7(9)11/h1-4H,11H2,(H,12,13). The third-order valence-corrected chi connectivity index (χ3v) is 2.17. The molecule has 0 radical (unpaired) electrons. The lowest BCUT2D eigenvalue weighted by Gasteiger charge is -2.01. The van der Waals surface area contributed by atoms with Gasteiger partial charge in [-0.1, -0.05) is 23.7 Å². The number of halogens is 1. The molecule has 0 bridgehead atoms. The second-order valence-corrected chi connectivity index (χ2v) is 3.16. The van der Waals surface area contributed by atoms with Gasteiger partial charge in [-0.05, 0) is 6.07 Å². The first-order valence-corrected chi connectivity index (χ1v) is 4.13. The third-order valence-electron chi connectivity index (χ3n) is 1.86. The lowest BCUT2D eigenvalue weighted by atomic mass is 10.2. The van der Waals surface area contributed by atoms with E-state index in [1.54, 1.807) is 12.1 Å². The highest BCUT2D eigenvalue weighted by Gasteiger charge is 2.02. The maximum Gasteiger partial charge on any atom is 0.249 e. The van der Waals surface area contributed by atoms with E-state index < -0.39 is 0 Å². The number of hydrogen-bond donors (Lipinski definition) is 2. The van der Waals surface area contributed by atoms with Crippen LogP contribution in [0.3, 0.4) is 0 Å². The molecule has 13 heavy (non-hydrogen) atoms. The van der Waals surface area contributed by atoms with Crippen LogP contribution in [0.25, 0.3) is 10.9 Å². The average Bonchev–Trinajstić information content (AvgIpc) is 2.07. The van der Waals surface area contributed by atoms with Crippen molar-refractivity contribution in [2.75, 3.05) is 5.73 Å². The molecule has 1 aromatic heterocycles. The van der Waals surface area contributed by atoms with E-state index in [9.17, 15) is 4.79 Å². The number of rotatable bonds is 0. The zero-order valence-corrected chi connectivity index (χ0v) is 7.43. The van der Waals surface area contributed by atoms with Gasteiger partial charge in [-0.25, -0.2) is 0 Å². The van der Waals surface area contributed by atoms with Crippen LogP contribution < -0.4 is 11.3 Å². The normalized spacial score (nSPS) is 10.5. The number of benzene rings is 1. The van der Waals surface area contributed by atoms with E-state index in [1.165, 1.54) is 6.07 Å². The Kier molecular flexibility index (Phi) is 1.74. The lowest BCUT2D eigenvalue weighted by Crippen LogP contribution is -2.04. The molecule has 2 aromatic rings. The van der Waals surface area contributed by atoms with Gasteiger partial charge in [0.25, 0.3) is 0 Å². The van der Waals surface area contributed by atoms with Crippen LogP contribution in [-0.2, 0) is 0 Å². The smallest absolute Gasteiger partial charge is 0.249 e. The molecule has 0 saturated heterocycles. The van der Waals surface area contributed by atoms with E-state index in [1.807, 2.05) is 6.07 Å². The third kappa shape index (κ3) is 1.27. The maximum absolute atomic E-state index is 11.1. The van der Waals surface area contributed by atoms with E-state index in [2.05, 4.69) is 4.98 Å². The van der Waals surface area contributed by atoms with Gasteiger partial charge >= 0.3 is 0 Å². The molecule has 0 aliphatic carbocycles. The van der Waals surface area contributed by atoms with E-state index in [4.69, 9.17) is 17.3 Å². The monoisotopic (exact) mass is 194 g/mol. The molecule has 66 valence electrons. The quantitative estimate of drug-likeness (QED) is 0.628. The minimum Gasteiger partial charge on any atom is -0.397 e. The Morgan fingerprint density at radius 3 is 2.92 bits per heavy atom. The van der Waals surface area contributed by atoms with E-state index in [0.717, 1.165) is 5.39 Å². The number of nitrogens with two attached hydrogens (primary N) is 1. The number of anilines is 1. The molecule has 3 N–H and O–H groups in total. The predicted molar refractivity (Wildman–Crippen MR) is 54.0 cm³/mol. The van der Waals surface area contributed by atoms with Gasteiger partial charge in [0.1, 0.15) is 0 Å². The van der Waals surface area contributed by atoms with Crippen LogP contribution in [0.15, 0.2) is 29.1 Å². The van der Waals surface area contributed by atoms with Gasteiger partial charge in [-0.2, -0.15) is 0 Å². The Morgan fingerprint density at radius 1 is 1.38 bits per heavy atom. The summed E-state index contributed by atoms with van der Waals surface area (Å²) in [6.07, 6.45) is 0. The molecule has 1 aromatic carbocycles. The molecule has 0 aliphatic heterocycles. The fourth-order valence-electron chi connectivity index (χ4n) is 1.26. The second-order valence-electron chi connectivity index (χ2n) is 2.75. The molecule has 4 heteroatoms. The fourth-order valence-corrected chi connectivity index (χ4v) is 1.52. The molecule has 0 aliphatic rings. The van der Waals surface area contributed by atoms with E-state index in [0.29, 0.717) is 16.2 Å².